The summed E-state index contributed by atoms with van der Waals surface area (Å²) in [6, 6.07) is 7.65. The van der Waals surface area contributed by atoms with E-state index in [1.807, 2.05) is 12.1 Å². The summed E-state index contributed by atoms with van der Waals surface area (Å²) in [5.41, 5.74) is 1.66. The van der Waals surface area contributed by atoms with Gasteiger partial charge in [0.25, 0.3) is 0 Å². The van der Waals surface area contributed by atoms with E-state index in [-0.39, 0.29) is 6.61 Å². The van der Waals surface area contributed by atoms with E-state index in [2.05, 4.69) is 32.5 Å². The molecule has 0 amide bonds. The summed E-state index contributed by atoms with van der Waals surface area (Å²) in [5, 5.41) is 6.54. The van der Waals surface area contributed by atoms with Crippen LogP contribution in [-0.4, -0.2) is 31.8 Å². The molecule has 1 aromatic rings. The number of rotatable bonds is 6. The van der Waals surface area contributed by atoms with E-state index in [0.29, 0.717) is 24.1 Å². The van der Waals surface area contributed by atoms with Crippen LogP contribution in [0.1, 0.15) is 24.0 Å². The largest absolute Gasteiger partial charge is 0.411 e. The Kier molecular flexibility index (Phi) is 6.66. The Morgan fingerprint density at radius 3 is 2.62 bits per heavy atom. The predicted octanol–water partition coefficient (Wildman–Crippen LogP) is 3.15. The van der Waals surface area contributed by atoms with Gasteiger partial charge in [0, 0.05) is 19.6 Å². The molecule has 0 bridgehead atoms. The molecular weight excluding hydrogens is 319 g/mol. The van der Waals surface area contributed by atoms with Crippen LogP contribution in [0, 0.1) is 0 Å². The minimum atomic E-state index is -4.30. The first-order chi connectivity index (χ1) is 11.5. The Hall–Kier alpha value is -2.02. The molecule has 24 heavy (non-hydrogen) atoms. The lowest BCUT2D eigenvalue weighted by molar-refractivity contribution is -0.176. The Balaban J connectivity index is 1.80. The second-order valence-corrected chi connectivity index (χ2v) is 5.64. The number of aliphatic imine (C=N–C) groups is 1. The van der Waals surface area contributed by atoms with Crippen molar-refractivity contribution in [3.05, 3.63) is 47.5 Å². The van der Waals surface area contributed by atoms with Crippen molar-refractivity contribution in [2.24, 2.45) is 4.99 Å². The molecule has 132 valence electrons. The van der Waals surface area contributed by atoms with Gasteiger partial charge in [-0.25, -0.2) is 0 Å². The Morgan fingerprint density at radius 1 is 1.25 bits per heavy atom. The van der Waals surface area contributed by atoms with Crippen LogP contribution in [-0.2, 0) is 17.9 Å². The zero-order valence-electron chi connectivity index (χ0n) is 13.6. The summed E-state index contributed by atoms with van der Waals surface area (Å²) in [4.78, 5) is 4.18. The summed E-state index contributed by atoms with van der Waals surface area (Å²) < 4.78 is 41.0. The molecule has 0 fully saturated rings. The molecule has 1 aliphatic carbocycles. The average Bonchev–Trinajstić information content (AvgIpc) is 3.03. The SMILES string of the molecule is CN=C(NCc1cccc(COCC(F)(F)F)c1)NC1CC=CC1. The second kappa shape index (κ2) is 8.73. The molecule has 0 aromatic heterocycles. The number of halogens is 3. The fraction of sp³-hybridized carbons (Fsp3) is 0.471. The van der Waals surface area contributed by atoms with Crippen LogP contribution < -0.4 is 10.6 Å². The molecule has 2 rings (SSSR count). The lowest BCUT2D eigenvalue weighted by Crippen LogP contribution is -2.42. The Morgan fingerprint density at radius 2 is 1.96 bits per heavy atom. The normalized spacial score (nSPS) is 15.8. The fourth-order valence-electron chi connectivity index (χ4n) is 2.42. The molecule has 2 N–H and O–H groups in total. The number of ether oxygens (including phenoxy) is 1. The van der Waals surface area contributed by atoms with Gasteiger partial charge < -0.3 is 15.4 Å². The average molecular weight is 341 g/mol. The maximum atomic E-state index is 12.1. The van der Waals surface area contributed by atoms with Crippen LogP contribution in [0.15, 0.2) is 41.4 Å². The van der Waals surface area contributed by atoms with Gasteiger partial charge in [0.15, 0.2) is 5.96 Å². The zero-order chi connectivity index (χ0) is 17.4. The molecule has 0 saturated heterocycles. The molecule has 0 atom stereocenters. The number of hydrogen-bond acceptors (Lipinski definition) is 2. The highest BCUT2D eigenvalue weighted by Crippen LogP contribution is 2.16. The number of alkyl halides is 3. The molecule has 1 aliphatic rings. The van der Waals surface area contributed by atoms with Crippen molar-refractivity contribution in [1.82, 2.24) is 10.6 Å². The Bertz CT molecular complexity index is 577. The number of hydrogen-bond donors (Lipinski definition) is 2. The van der Waals surface area contributed by atoms with Gasteiger partial charge in [0.1, 0.15) is 6.61 Å². The lowest BCUT2D eigenvalue weighted by Gasteiger charge is -2.17. The van der Waals surface area contributed by atoms with Gasteiger partial charge in [0.05, 0.1) is 6.61 Å². The molecule has 0 heterocycles. The quantitative estimate of drug-likeness (QED) is 0.475. The van der Waals surface area contributed by atoms with Gasteiger partial charge in [-0.15, -0.1) is 0 Å². The maximum absolute atomic E-state index is 12.1. The number of guanidine groups is 1. The minimum absolute atomic E-state index is 0.0614. The standard InChI is InChI=1S/C17H22F3N3O/c1-21-16(23-15-7-2-3-8-15)22-10-13-5-4-6-14(9-13)11-24-12-17(18,19)20/h2-6,9,15H,7-8,10-12H2,1H3,(H2,21,22,23). The molecule has 0 saturated carbocycles. The van der Waals surface area contributed by atoms with Crippen molar-refractivity contribution in [2.45, 2.75) is 38.2 Å². The zero-order valence-corrected chi connectivity index (χ0v) is 13.6. The van der Waals surface area contributed by atoms with Gasteiger partial charge >= 0.3 is 6.18 Å². The minimum Gasteiger partial charge on any atom is -0.367 e. The highest BCUT2D eigenvalue weighted by molar-refractivity contribution is 5.80. The summed E-state index contributed by atoms with van der Waals surface area (Å²) in [6.45, 7) is -0.761. The summed E-state index contributed by atoms with van der Waals surface area (Å²) in [7, 11) is 1.71. The van der Waals surface area contributed by atoms with Crippen LogP contribution in [0.5, 0.6) is 0 Å². The molecule has 0 spiro atoms. The smallest absolute Gasteiger partial charge is 0.367 e. The summed E-state index contributed by atoms with van der Waals surface area (Å²) >= 11 is 0. The van der Waals surface area contributed by atoms with Crippen LogP contribution in [0.3, 0.4) is 0 Å². The third kappa shape index (κ3) is 6.62. The van der Waals surface area contributed by atoms with Gasteiger partial charge in [-0.1, -0.05) is 36.4 Å². The van der Waals surface area contributed by atoms with Gasteiger partial charge in [-0.3, -0.25) is 4.99 Å². The van der Waals surface area contributed by atoms with Crippen LogP contribution >= 0.6 is 0 Å². The highest BCUT2D eigenvalue weighted by Gasteiger charge is 2.27. The number of nitrogens with zero attached hydrogens (tertiary/aromatic N) is 1. The topological polar surface area (TPSA) is 45.7 Å². The van der Waals surface area contributed by atoms with Crippen molar-refractivity contribution < 1.29 is 17.9 Å². The Labute approximate surface area is 139 Å². The van der Waals surface area contributed by atoms with Gasteiger partial charge in [-0.05, 0) is 24.0 Å². The third-order valence-electron chi connectivity index (χ3n) is 3.56. The van der Waals surface area contributed by atoms with Gasteiger partial charge in [0.2, 0.25) is 0 Å². The maximum Gasteiger partial charge on any atom is 0.411 e. The molecule has 4 nitrogen and oxygen atoms in total. The lowest BCUT2D eigenvalue weighted by atomic mass is 10.1. The summed E-state index contributed by atoms with van der Waals surface area (Å²) in [5.74, 6) is 0.711. The van der Waals surface area contributed by atoms with Crippen molar-refractivity contribution in [1.29, 1.82) is 0 Å². The monoisotopic (exact) mass is 341 g/mol. The van der Waals surface area contributed by atoms with E-state index < -0.39 is 12.8 Å². The van der Waals surface area contributed by atoms with E-state index in [1.165, 1.54) is 0 Å². The van der Waals surface area contributed by atoms with E-state index in [1.54, 1.807) is 19.2 Å². The molecule has 7 heteroatoms. The summed E-state index contributed by atoms with van der Waals surface area (Å²) in [6.07, 6.45) is 1.93. The van der Waals surface area contributed by atoms with Crippen LogP contribution in [0.2, 0.25) is 0 Å². The fourth-order valence-corrected chi connectivity index (χ4v) is 2.42. The van der Waals surface area contributed by atoms with Crippen LogP contribution in [0.4, 0.5) is 13.2 Å². The highest BCUT2D eigenvalue weighted by atomic mass is 19.4. The molecule has 1 aromatic carbocycles. The van der Waals surface area contributed by atoms with Crippen molar-refractivity contribution in [2.75, 3.05) is 13.7 Å². The molecule has 0 radical (unpaired) electrons. The van der Waals surface area contributed by atoms with E-state index in [9.17, 15) is 13.2 Å². The molecule has 0 aliphatic heterocycles. The first-order valence-electron chi connectivity index (χ1n) is 7.81. The third-order valence-corrected chi connectivity index (χ3v) is 3.56. The first-order valence-corrected chi connectivity index (χ1v) is 7.81. The molecular formula is C17H22F3N3O. The first kappa shape index (κ1) is 18.3. The molecule has 0 unspecified atom stereocenters. The van der Waals surface area contributed by atoms with Crippen molar-refractivity contribution >= 4 is 5.96 Å². The van der Waals surface area contributed by atoms with Crippen molar-refractivity contribution in [3.8, 4) is 0 Å². The van der Waals surface area contributed by atoms with Gasteiger partial charge in [-0.2, -0.15) is 13.2 Å². The van der Waals surface area contributed by atoms with E-state index in [4.69, 9.17) is 0 Å². The number of nitrogens with one attached hydrogen (secondary N) is 2. The number of benzene rings is 1. The van der Waals surface area contributed by atoms with E-state index >= 15 is 0 Å². The van der Waals surface area contributed by atoms with Crippen LogP contribution in [0.25, 0.3) is 0 Å². The second-order valence-electron chi connectivity index (χ2n) is 5.64. The predicted molar refractivity (Wildman–Crippen MR) is 87.6 cm³/mol. The van der Waals surface area contributed by atoms with Crippen molar-refractivity contribution in [3.63, 3.8) is 0 Å². The van der Waals surface area contributed by atoms with E-state index in [0.717, 1.165) is 18.4 Å².